The zero-order chi connectivity index (χ0) is 23.5. The number of unbranched alkanes of at least 4 members (excludes halogenated alkanes) is 1. The Kier molecular flexibility index (Phi) is 7.22. The normalized spacial score (nSPS) is 16.7. The number of hydrogen-bond acceptors (Lipinski definition) is 3. The molecule has 32 heavy (non-hydrogen) atoms. The molecule has 2 atom stereocenters. The maximum Gasteiger partial charge on any atom is 0.268 e. The standard InChI is InChI=1S/C26H35N3O3/c1-6-7-13-19(24(31)27-17(3)18-11-9-8-10-12-18)29-25(32)23-16(2)22-20(28-23)14-26(4,5)15-21(22)30/h8-12,17,19,28H,6-7,13-15H2,1-5H3,(H,27,31)(H,29,32)/t17-,19-/m1/s1. The molecule has 1 aliphatic carbocycles. The molecule has 0 spiro atoms. The van der Waals surface area contributed by atoms with Crippen LogP contribution in [0.5, 0.6) is 0 Å². The lowest BCUT2D eigenvalue weighted by Gasteiger charge is -2.28. The number of carbonyl (C=O) groups excluding carboxylic acids is 3. The topological polar surface area (TPSA) is 91.1 Å². The molecule has 1 heterocycles. The molecule has 1 aliphatic rings. The number of amides is 2. The smallest absolute Gasteiger partial charge is 0.268 e. The number of ketones is 1. The molecule has 1 aromatic carbocycles. The zero-order valence-electron chi connectivity index (χ0n) is 19.8. The van der Waals surface area contributed by atoms with E-state index in [0.29, 0.717) is 29.7 Å². The van der Waals surface area contributed by atoms with Gasteiger partial charge in [-0.3, -0.25) is 14.4 Å². The Morgan fingerprint density at radius 1 is 1.12 bits per heavy atom. The van der Waals surface area contributed by atoms with E-state index >= 15 is 0 Å². The Labute approximate surface area is 190 Å². The molecule has 1 aromatic heterocycles. The van der Waals surface area contributed by atoms with Crippen molar-refractivity contribution in [1.29, 1.82) is 0 Å². The predicted octanol–water partition coefficient (Wildman–Crippen LogP) is 4.64. The van der Waals surface area contributed by atoms with Crippen molar-refractivity contribution in [3.05, 3.63) is 58.4 Å². The van der Waals surface area contributed by atoms with Crippen LogP contribution in [-0.4, -0.2) is 28.6 Å². The summed E-state index contributed by atoms with van der Waals surface area (Å²) in [5.41, 5.74) is 3.39. The summed E-state index contributed by atoms with van der Waals surface area (Å²) >= 11 is 0. The van der Waals surface area contributed by atoms with Crippen LogP contribution < -0.4 is 10.6 Å². The molecule has 6 heteroatoms. The minimum Gasteiger partial charge on any atom is -0.354 e. The maximum atomic E-state index is 13.2. The van der Waals surface area contributed by atoms with Crippen molar-refractivity contribution in [3.63, 3.8) is 0 Å². The van der Waals surface area contributed by atoms with E-state index in [2.05, 4.69) is 36.4 Å². The number of nitrogens with one attached hydrogen (secondary N) is 3. The minimum absolute atomic E-state index is 0.0704. The summed E-state index contributed by atoms with van der Waals surface area (Å²) in [4.78, 5) is 42.0. The largest absolute Gasteiger partial charge is 0.354 e. The van der Waals surface area contributed by atoms with Gasteiger partial charge in [0.2, 0.25) is 5.91 Å². The van der Waals surface area contributed by atoms with E-state index < -0.39 is 6.04 Å². The van der Waals surface area contributed by atoms with Crippen LogP contribution in [0.4, 0.5) is 0 Å². The number of hydrogen-bond donors (Lipinski definition) is 3. The van der Waals surface area contributed by atoms with E-state index in [1.165, 1.54) is 0 Å². The van der Waals surface area contributed by atoms with Crippen LogP contribution in [0.15, 0.2) is 30.3 Å². The van der Waals surface area contributed by atoms with Gasteiger partial charge >= 0.3 is 0 Å². The molecule has 0 aliphatic heterocycles. The molecule has 0 unspecified atom stereocenters. The van der Waals surface area contributed by atoms with E-state index in [4.69, 9.17) is 0 Å². The maximum absolute atomic E-state index is 13.2. The lowest BCUT2D eigenvalue weighted by molar-refractivity contribution is -0.123. The van der Waals surface area contributed by atoms with Crippen LogP contribution >= 0.6 is 0 Å². The number of rotatable bonds is 8. The molecule has 3 N–H and O–H groups in total. The van der Waals surface area contributed by atoms with Crippen molar-refractivity contribution in [2.24, 2.45) is 5.41 Å². The summed E-state index contributed by atoms with van der Waals surface area (Å²) in [6.45, 7) is 9.91. The predicted molar refractivity (Wildman–Crippen MR) is 126 cm³/mol. The molecule has 6 nitrogen and oxygen atoms in total. The second kappa shape index (κ2) is 9.72. The summed E-state index contributed by atoms with van der Waals surface area (Å²) in [5, 5.41) is 5.94. The Hall–Kier alpha value is -2.89. The van der Waals surface area contributed by atoms with E-state index in [-0.39, 0.29) is 29.1 Å². The van der Waals surface area contributed by atoms with Gasteiger partial charge in [-0.25, -0.2) is 0 Å². The van der Waals surface area contributed by atoms with Gasteiger partial charge in [-0.1, -0.05) is 63.9 Å². The van der Waals surface area contributed by atoms with Crippen LogP contribution in [0.1, 0.15) is 97.1 Å². The van der Waals surface area contributed by atoms with Crippen LogP contribution in [-0.2, 0) is 11.2 Å². The number of Topliss-reactive ketones (excluding diaryl/α,β-unsaturated/α-hetero) is 1. The summed E-state index contributed by atoms with van der Waals surface area (Å²) in [6, 6.07) is 8.95. The van der Waals surface area contributed by atoms with Gasteiger partial charge in [0.1, 0.15) is 11.7 Å². The van der Waals surface area contributed by atoms with Crippen LogP contribution in [0.3, 0.4) is 0 Å². The van der Waals surface area contributed by atoms with E-state index in [1.807, 2.05) is 37.3 Å². The first-order valence-electron chi connectivity index (χ1n) is 11.5. The van der Waals surface area contributed by atoms with Crippen LogP contribution in [0.2, 0.25) is 0 Å². The number of aromatic nitrogens is 1. The fourth-order valence-corrected chi connectivity index (χ4v) is 4.51. The van der Waals surface area contributed by atoms with Crippen LogP contribution in [0, 0.1) is 12.3 Å². The number of aromatic amines is 1. The van der Waals surface area contributed by atoms with Crippen molar-refractivity contribution in [2.45, 2.75) is 78.8 Å². The Bertz CT molecular complexity index is 991. The third kappa shape index (κ3) is 5.29. The van der Waals surface area contributed by atoms with Gasteiger partial charge < -0.3 is 15.6 Å². The molecule has 2 aromatic rings. The lowest BCUT2D eigenvalue weighted by atomic mass is 9.75. The molecule has 0 fully saturated rings. The van der Waals surface area contributed by atoms with Crippen molar-refractivity contribution < 1.29 is 14.4 Å². The van der Waals surface area contributed by atoms with E-state index in [1.54, 1.807) is 6.92 Å². The number of benzene rings is 1. The summed E-state index contributed by atoms with van der Waals surface area (Å²) in [6.07, 6.45) is 3.49. The average Bonchev–Trinajstić information content (AvgIpc) is 3.06. The average molecular weight is 438 g/mol. The van der Waals surface area contributed by atoms with Gasteiger partial charge in [-0.2, -0.15) is 0 Å². The third-order valence-electron chi connectivity index (χ3n) is 6.25. The fourth-order valence-electron chi connectivity index (χ4n) is 4.51. The van der Waals surface area contributed by atoms with Crippen molar-refractivity contribution >= 4 is 17.6 Å². The Morgan fingerprint density at radius 2 is 1.81 bits per heavy atom. The Balaban J connectivity index is 1.77. The quantitative estimate of drug-likeness (QED) is 0.562. The number of H-pyrrole nitrogens is 1. The van der Waals surface area contributed by atoms with Crippen LogP contribution in [0.25, 0.3) is 0 Å². The van der Waals surface area contributed by atoms with Crippen molar-refractivity contribution in [3.8, 4) is 0 Å². The summed E-state index contributed by atoms with van der Waals surface area (Å²) < 4.78 is 0. The second-order valence-electron chi connectivity index (χ2n) is 9.73. The Morgan fingerprint density at radius 3 is 2.47 bits per heavy atom. The summed E-state index contributed by atoms with van der Waals surface area (Å²) in [7, 11) is 0. The molecule has 0 saturated heterocycles. The molecule has 172 valence electrons. The first-order valence-corrected chi connectivity index (χ1v) is 11.5. The highest BCUT2D eigenvalue weighted by molar-refractivity contribution is 6.05. The molecule has 3 rings (SSSR count). The third-order valence-corrected chi connectivity index (χ3v) is 6.25. The number of carbonyl (C=O) groups is 3. The van der Waals surface area contributed by atoms with Crippen molar-refractivity contribution in [1.82, 2.24) is 15.6 Å². The van der Waals surface area contributed by atoms with Gasteiger partial charge in [0.25, 0.3) is 5.91 Å². The summed E-state index contributed by atoms with van der Waals surface area (Å²) in [5.74, 6) is -0.471. The molecular formula is C26H35N3O3. The van der Waals surface area contributed by atoms with Gasteiger partial charge in [-0.15, -0.1) is 0 Å². The first kappa shape index (κ1) is 23.8. The van der Waals surface area contributed by atoms with Gasteiger partial charge in [0.05, 0.1) is 6.04 Å². The molecule has 0 saturated carbocycles. The SMILES string of the molecule is CCCC[C@@H](NC(=O)c1[nH]c2c(c1C)C(=O)CC(C)(C)C2)C(=O)N[C@H](C)c1ccccc1. The number of fused-ring (bicyclic) bond motifs is 1. The lowest BCUT2D eigenvalue weighted by Crippen LogP contribution is -2.47. The van der Waals surface area contributed by atoms with Gasteiger partial charge in [-0.05, 0) is 43.2 Å². The zero-order valence-corrected chi connectivity index (χ0v) is 19.8. The highest BCUT2D eigenvalue weighted by Crippen LogP contribution is 2.36. The first-order chi connectivity index (χ1) is 15.1. The van der Waals surface area contributed by atoms with Crippen molar-refractivity contribution in [2.75, 3.05) is 0 Å². The van der Waals surface area contributed by atoms with E-state index in [9.17, 15) is 14.4 Å². The molecule has 0 radical (unpaired) electrons. The second-order valence-corrected chi connectivity index (χ2v) is 9.73. The minimum atomic E-state index is -0.638. The monoisotopic (exact) mass is 437 g/mol. The fraction of sp³-hybridized carbons (Fsp3) is 0.500. The molecule has 0 bridgehead atoms. The molecule has 2 amide bonds. The van der Waals surface area contributed by atoms with E-state index in [0.717, 1.165) is 30.5 Å². The molecular weight excluding hydrogens is 402 g/mol. The van der Waals surface area contributed by atoms with Gasteiger partial charge in [0, 0.05) is 17.7 Å². The van der Waals surface area contributed by atoms with Gasteiger partial charge in [0.15, 0.2) is 5.78 Å². The highest BCUT2D eigenvalue weighted by atomic mass is 16.2. The highest BCUT2D eigenvalue weighted by Gasteiger charge is 2.35.